The molecule has 22 heavy (non-hydrogen) atoms. The smallest absolute Gasteiger partial charge is 0.337 e. The molecule has 3 atom stereocenters. The van der Waals surface area contributed by atoms with E-state index in [1.165, 1.54) is 7.11 Å². The summed E-state index contributed by atoms with van der Waals surface area (Å²) in [5.74, 6) is -2.29. The topological polar surface area (TPSA) is 110 Å². The van der Waals surface area contributed by atoms with Crippen LogP contribution >= 0.6 is 11.8 Å². The van der Waals surface area contributed by atoms with Gasteiger partial charge in [-0.1, -0.05) is 30.3 Å². The molecule has 1 heterocycles. The van der Waals surface area contributed by atoms with E-state index in [0.717, 1.165) is 16.7 Å². The fourth-order valence-electron chi connectivity index (χ4n) is 2.43. The highest BCUT2D eigenvalue weighted by Crippen LogP contribution is 2.45. The van der Waals surface area contributed by atoms with Gasteiger partial charge in [-0.25, -0.2) is 4.79 Å². The number of thioether (sulfide) groups is 1. The van der Waals surface area contributed by atoms with Gasteiger partial charge in [-0.15, -0.1) is 11.8 Å². The summed E-state index contributed by atoms with van der Waals surface area (Å²) in [5.41, 5.74) is 6.06. The lowest BCUT2D eigenvalue weighted by Gasteiger charge is -2.28. The van der Waals surface area contributed by atoms with E-state index in [4.69, 9.17) is 10.5 Å². The molecule has 0 bridgehead atoms. The Morgan fingerprint density at radius 1 is 1.32 bits per heavy atom. The number of ether oxygens (including phenoxy) is 1. The molecule has 1 aliphatic heterocycles. The Kier molecular flexibility index (Phi) is 5.04. The molecule has 1 fully saturated rings. The van der Waals surface area contributed by atoms with E-state index >= 15 is 0 Å². The summed E-state index contributed by atoms with van der Waals surface area (Å²) < 4.78 is 4.75. The van der Waals surface area contributed by atoms with E-state index in [1.807, 2.05) is 0 Å². The van der Waals surface area contributed by atoms with E-state index < -0.39 is 34.5 Å². The molecule has 0 aliphatic carbocycles. The van der Waals surface area contributed by atoms with E-state index in [2.05, 4.69) is 0 Å². The second-order valence-corrected chi connectivity index (χ2v) is 5.86. The second-order valence-electron chi connectivity index (χ2n) is 4.63. The van der Waals surface area contributed by atoms with Crippen molar-refractivity contribution in [1.29, 1.82) is 0 Å². The van der Waals surface area contributed by atoms with Gasteiger partial charge >= 0.3 is 11.9 Å². The fraction of sp³-hybridized carbons (Fsp3) is 0.357. The number of esters is 1. The van der Waals surface area contributed by atoms with Crippen molar-refractivity contribution in [2.45, 2.75) is 16.7 Å². The number of aliphatic carboxylic acids is 1. The Morgan fingerprint density at radius 3 is 2.45 bits per heavy atom. The lowest BCUT2D eigenvalue weighted by Crippen LogP contribution is -2.45. The van der Waals surface area contributed by atoms with Crippen molar-refractivity contribution in [2.24, 2.45) is 5.73 Å². The number of nitrogens with zero attached hydrogens (tertiary/aromatic N) is 1. The largest absolute Gasteiger partial charge is 0.479 e. The van der Waals surface area contributed by atoms with Crippen LogP contribution in [0, 0.1) is 0 Å². The van der Waals surface area contributed by atoms with Crippen molar-refractivity contribution in [3.8, 4) is 0 Å². The Bertz CT molecular complexity index is 580. The molecule has 0 aromatic heterocycles. The maximum Gasteiger partial charge on any atom is 0.337 e. The maximum atomic E-state index is 12.1. The third kappa shape index (κ3) is 2.93. The number of amides is 1. The lowest BCUT2D eigenvalue weighted by atomic mass is 10.0. The zero-order valence-electron chi connectivity index (χ0n) is 11.8. The van der Waals surface area contributed by atoms with Crippen LogP contribution in [0.2, 0.25) is 0 Å². The molecule has 118 valence electrons. The first-order chi connectivity index (χ1) is 10.5. The molecular weight excluding hydrogens is 308 g/mol. The minimum Gasteiger partial charge on any atom is -0.479 e. The molecule has 1 saturated heterocycles. The summed E-state index contributed by atoms with van der Waals surface area (Å²) in [7, 11) is 1.23. The van der Waals surface area contributed by atoms with Crippen LogP contribution in [0.5, 0.6) is 0 Å². The Balaban J connectivity index is 2.50. The fourth-order valence-corrected chi connectivity index (χ4v) is 3.84. The zero-order chi connectivity index (χ0) is 16.3. The molecule has 2 rings (SSSR count). The highest BCUT2D eigenvalue weighted by Gasteiger charge is 2.51. The maximum absolute atomic E-state index is 12.1. The van der Waals surface area contributed by atoms with Crippen molar-refractivity contribution < 1.29 is 24.2 Å². The number of methoxy groups -OCH3 is 1. The zero-order valence-corrected chi connectivity index (χ0v) is 12.7. The molecule has 1 aliphatic rings. The number of nitrogens with two attached hydrogens (primary N) is 1. The minimum atomic E-state index is -1.20. The Morgan fingerprint density at radius 2 is 1.95 bits per heavy atom. The van der Waals surface area contributed by atoms with Gasteiger partial charge in [0.2, 0.25) is 5.91 Å². The average Bonchev–Trinajstić information content (AvgIpc) is 2.94. The molecule has 1 amide bonds. The molecule has 8 heteroatoms. The number of carbonyl (C=O) groups is 3. The summed E-state index contributed by atoms with van der Waals surface area (Å²) in [6, 6.07) is 8.06. The summed E-state index contributed by atoms with van der Waals surface area (Å²) in [4.78, 5) is 36.8. The monoisotopic (exact) mass is 324 g/mol. The van der Waals surface area contributed by atoms with Crippen LogP contribution in [0.1, 0.15) is 11.6 Å². The summed E-state index contributed by atoms with van der Waals surface area (Å²) in [6.07, 6.45) is 0. The number of hydrogen-bond acceptors (Lipinski definition) is 6. The van der Waals surface area contributed by atoms with Gasteiger partial charge in [0.05, 0.1) is 19.7 Å². The third-order valence-electron chi connectivity index (χ3n) is 3.36. The highest BCUT2D eigenvalue weighted by atomic mass is 32.2. The predicted molar refractivity (Wildman–Crippen MR) is 79.9 cm³/mol. The van der Waals surface area contributed by atoms with E-state index in [0.29, 0.717) is 5.56 Å². The number of hydrogen-bond donors (Lipinski definition) is 2. The summed E-state index contributed by atoms with van der Waals surface area (Å²) in [5, 5.41) is 7.37. The second kappa shape index (κ2) is 6.80. The van der Waals surface area contributed by atoms with Crippen molar-refractivity contribution in [3.05, 3.63) is 35.9 Å². The molecule has 7 nitrogen and oxygen atoms in total. The first kappa shape index (κ1) is 16.3. The normalized spacial score (nSPS) is 24.1. The van der Waals surface area contributed by atoms with E-state index in [1.54, 1.807) is 30.3 Å². The number of carboxylic acids is 1. The number of benzene rings is 1. The van der Waals surface area contributed by atoms with Gasteiger partial charge in [0.15, 0.2) is 5.37 Å². The first-order valence-electron chi connectivity index (χ1n) is 6.53. The van der Waals surface area contributed by atoms with Gasteiger partial charge in [0.1, 0.15) is 5.25 Å². The molecule has 1 aromatic carbocycles. The van der Waals surface area contributed by atoms with Crippen LogP contribution in [0.4, 0.5) is 0 Å². The molecule has 0 saturated carbocycles. The lowest BCUT2D eigenvalue weighted by molar-refractivity contribution is -0.148. The van der Waals surface area contributed by atoms with Crippen LogP contribution < -0.4 is 5.73 Å². The van der Waals surface area contributed by atoms with Gasteiger partial charge in [0, 0.05) is 0 Å². The van der Waals surface area contributed by atoms with Gasteiger partial charge in [0.25, 0.3) is 0 Å². The van der Waals surface area contributed by atoms with Gasteiger partial charge in [-0.2, -0.15) is 0 Å². The third-order valence-corrected chi connectivity index (χ3v) is 4.79. The van der Waals surface area contributed by atoms with E-state index in [9.17, 15) is 19.5 Å². The van der Waals surface area contributed by atoms with E-state index in [-0.39, 0.29) is 6.54 Å². The van der Waals surface area contributed by atoms with Crippen LogP contribution in [-0.4, -0.2) is 52.1 Å². The number of rotatable bonds is 4. The van der Waals surface area contributed by atoms with Crippen molar-refractivity contribution in [3.63, 3.8) is 0 Å². The molecule has 0 spiro atoms. The predicted octanol–water partition coefficient (Wildman–Crippen LogP) is 0.214. The van der Waals surface area contributed by atoms with Gasteiger partial charge < -0.3 is 20.5 Å². The highest BCUT2D eigenvalue weighted by molar-refractivity contribution is 8.02. The Labute approximate surface area is 131 Å². The summed E-state index contributed by atoms with van der Waals surface area (Å²) in [6.45, 7) is -0.332. The SMILES string of the molecule is COC(=O)C1SC(C(=O)O)N(C(=O)CN)[C@H]1c1ccccc1. The first-order valence-corrected chi connectivity index (χ1v) is 7.47. The number of carboxylic acid groups (broad SMARTS) is 1. The minimum absolute atomic E-state index is 0.332. The molecule has 3 N–H and O–H groups in total. The van der Waals surface area contributed by atoms with Crippen molar-refractivity contribution in [1.82, 2.24) is 4.90 Å². The van der Waals surface area contributed by atoms with Crippen LogP contribution in [0.3, 0.4) is 0 Å². The summed E-state index contributed by atoms with van der Waals surface area (Å²) >= 11 is 0.882. The van der Waals surface area contributed by atoms with Crippen LogP contribution in [0.15, 0.2) is 30.3 Å². The van der Waals surface area contributed by atoms with Crippen LogP contribution in [-0.2, 0) is 19.1 Å². The average molecular weight is 324 g/mol. The molecule has 1 aromatic rings. The number of carbonyl (C=O) groups excluding carboxylic acids is 2. The molecule has 2 unspecified atom stereocenters. The van der Waals surface area contributed by atoms with Crippen molar-refractivity contribution in [2.75, 3.05) is 13.7 Å². The van der Waals surface area contributed by atoms with Crippen molar-refractivity contribution >= 4 is 29.6 Å². The standard InChI is InChI=1S/C14H16N2O5S/c1-21-14(20)11-10(8-5-3-2-4-6-8)16(9(17)7-15)12(22-11)13(18)19/h2-6,10-12H,7,15H2,1H3,(H,18,19)/t10-,11?,12?/m0/s1. The van der Waals surface area contributed by atoms with Crippen LogP contribution in [0.25, 0.3) is 0 Å². The Hall–Kier alpha value is -2.06. The molecule has 0 radical (unpaired) electrons. The van der Waals surface area contributed by atoms with Gasteiger partial charge in [-0.05, 0) is 5.56 Å². The molecular formula is C14H16N2O5S. The van der Waals surface area contributed by atoms with Gasteiger partial charge in [-0.3, -0.25) is 9.59 Å². The quantitative estimate of drug-likeness (QED) is 0.762.